The number of hydrogen-bond acceptors (Lipinski definition) is 4. The second-order valence-corrected chi connectivity index (χ2v) is 4.33. The number of rotatable bonds is 3. The molecule has 0 aliphatic heterocycles. The Kier molecular flexibility index (Phi) is 3.67. The van der Waals surface area contributed by atoms with Crippen LogP contribution in [0.15, 0.2) is 24.4 Å². The molecule has 94 valence electrons. The van der Waals surface area contributed by atoms with E-state index in [1.165, 1.54) is 0 Å². The molecule has 4 nitrogen and oxygen atoms in total. The second-order valence-electron chi connectivity index (χ2n) is 3.97. The second kappa shape index (κ2) is 5.23. The van der Waals surface area contributed by atoms with Gasteiger partial charge < -0.3 is 10.1 Å². The number of aryl methyl sites for hydroxylation is 2. The van der Waals surface area contributed by atoms with Crippen molar-refractivity contribution in [1.82, 2.24) is 9.97 Å². The zero-order chi connectivity index (χ0) is 13.1. The van der Waals surface area contributed by atoms with E-state index >= 15 is 0 Å². The molecular formula is C13H14ClN3O. The standard InChI is InChI=1S/C13H14ClN3O/c1-8-4-5-10(18-3)6-11(8)16-13-15-7-9(2)12(14)17-13/h4-7H,1-3H3,(H,15,16,17). The predicted octanol–water partition coefficient (Wildman–Crippen LogP) is 3.50. The molecule has 18 heavy (non-hydrogen) atoms. The molecule has 0 radical (unpaired) electrons. The highest BCUT2D eigenvalue weighted by atomic mass is 35.5. The summed E-state index contributed by atoms with van der Waals surface area (Å²) < 4.78 is 5.18. The summed E-state index contributed by atoms with van der Waals surface area (Å²) in [5, 5.41) is 3.58. The fourth-order valence-electron chi connectivity index (χ4n) is 1.46. The van der Waals surface area contributed by atoms with Crippen LogP contribution >= 0.6 is 11.6 Å². The van der Waals surface area contributed by atoms with Crippen molar-refractivity contribution >= 4 is 23.2 Å². The van der Waals surface area contributed by atoms with E-state index in [0.29, 0.717) is 11.1 Å². The number of aromatic nitrogens is 2. The highest BCUT2D eigenvalue weighted by Gasteiger charge is 2.05. The quantitative estimate of drug-likeness (QED) is 0.861. The molecule has 0 saturated heterocycles. The minimum Gasteiger partial charge on any atom is -0.497 e. The van der Waals surface area contributed by atoms with Gasteiger partial charge in [-0.2, -0.15) is 0 Å². The number of nitrogens with zero attached hydrogens (tertiary/aromatic N) is 2. The van der Waals surface area contributed by atoms with Gasteiger partial charge in [-0.05, 0) is 25.5 Å². The van der Waals surface area contributed by atoms with Crippen LogP contribution in [0.25, 0.3) is 0 Å². The summed E-state index contributed by atoms with van der Waals surface area (Å²) in [7, 11) is 1.63. The number of methoxy groups -OCH3 is 1. The van der Waals surface area contributed by atoms with Gasteiger partial charge in [-0.1, -0.05) is 17.7 Å². The van der Waals surface area contributed by atoms with Gasteiger partial charge in [0, 0.05) is 23.5 Å². The van der Waals surface area contributed by atoms with Gasteiger partial charge in [-0.15, -0.1) is 0 Å². The molecule has 0 aliphatic rings. The molecule has 0 amide bonds. The summed E-state index contributed by atoms with van der Waals surface area (Å²) in [4.78, 5) is 8.35. The number of anilines is 2. The Morgan fingerprint density at radius 2 is 2.00 bits per heavy atom. The van der Waals surface area contributed by atoms with Crippen molar-refractivity contribution in [3.05, 3.63) is 40.7 Å². The summed E-state index contributed by atoms with van der Waals surface area (Å²) in [6.45, 7) is 3.86. The Hall–Kier alpha value is -1.81. The van der Waals surface area contributed by atoms with Gasteiger partial charge in [0.2, 0.25) is 5.95 Å². The molecule has 5 heteroatoms. The zero-order valence-electron chi connectivity index (χ0n) is 10.5. The largest absolute Gasteiger partial charge is 0.497 e. The maximum Gasteiger partial charge on any atom is 0.228 e. The molecule has 0 atom stereocenters. The van der Waals surface area contributed by atoms with Crippen molar-refractivity contribution in [1.29, 1.82) is 0 Å². The van der Waals surface area contributed by atoms with Gasteiger partial charge in [-0.25, -0.2) is 9.97 Å². The average Bonchev–Trinajstić information content (AvgIpc) is 2.36. The molecule has 2 aromatic rings. The van der Waals surface area contributed by atoms with E-state index in [0.717, 1.165) is 22.6 Å². The molecule has 0 unspecified atom stereocenters. The Balaban J connectivity index is 2.30. The van der Waals surface area contributed by atoms with Gasteiger partial charge in [0.15, 0.2) is 0 Å². The van der Waals surface area contributed by atoms with Crippen molar-refractivity contribution in [3.8, 4) is 5.75 Å². The summed E-state index contributed by atoms with van der Waals surface area (Å²) in [5.74, 6) is 1.25. The predicted molar refractivity (Wildman–Crippen MR) is 72.8 cm³/mol. The molecule has 1 heterocycles. The molecule has 0 aliphatic carbocycles. The lowest BCUT2D eigenvalue weighted by Gasteiger charge is -2.10. The van der Waals surface area contributed by atoms with Crippen LogP contribution in [0.5, 0.6) is 5.75 Å². The molecule has 1 aromatic heterocycles. The monoisotopic (exact) mass is 263 g/mol. The molecule has 0 spiro atoms. The Morgan fingerprint density at radius 3 is 2.67 bits per heavy atom. The Bertz CT molecular complexity index is 572. The molecule has 2 rings (SSSR count). The molecule has 0 saturated carbocycles. The summed E-state index contributed by atoms with van der Waals surface area (Å²) in [6.07, 6.45) is 1.69. The molecule has 1 aromatic carbocycles. The van der Waals surface area contributed by atoms with Gasteiger partial charge in [0.05, 0.1) is 7.11 Å². The normalized spacial score (nSPS) is 10.2. The van der Waals surface area contributed by atoms with Crippen LogP contribution in [0.1, 0.15) is 11.1 Å². The topological polar surface area (TPSA) is 47.0 Å². The maximum absolute atomic E-state index is 5.96. The first-order valence-corrected chi connectivity index (χ1v) is 5.89. The van der Waals surface area contributed by atoms with E-state index in [4.69, 9.17) is 16.3 Å². The van der Waals surface area contributed by atoms with Crippen molar-refractivity contribution in [2.24, 2.45) is 0 Å². The van der Waals surface area contributed by atoms with E-state index in [-0.39, 0.29) is 0 Å². The van der Waals surface area contributed by atoms with E-state index < -0.39 is 0 Å². The lowest BCUT2D eigenvalue weighted by molar-refractivity contribution is 0.415. The molecule has 0 bridgehead atoms. The number of nitrogens with one attached hydrogen (secondary N) is 1. The lowest BCUT2D eigenvalue weighted by atomic mass is 10.2. The number of benzene rings is 1. The highest BCUT2D eigenvalue weighted by Crippen LogP contribution is 2.24. The number of ether oxygens (including phenoxy) is 1. The Labute approximate surface area is 111 Å². The first-order chi connectivity index (χ1) is 8.60. The average molecular weight is 264 g/mol. The zero-order valence-corrected chi connectivity index (χ0v) is 11.2. The van der Waals surface area contributed by atoms with Crippen LogP contribution in [0, 0.1) is 13.8 Å². The van der Waals surface area contributed by atoms with Gasteiger partial charge in [0.1, 0.15) is 10.9 Å². The number of halogens is 1. The van der Waals surface area contributed by atoms with Crippen LogP contribution in [0.4, 0.5) is 11.6 Å². The van der Waals surface area contributed by atoms with E-state index in [9.17, 15) is 0 Å². The molecule has 0 fully saturated rings. The van der Waals surface area contributed by atoms with Crippen LogP contribution in [0.2, 0.25) is 5.15 Å². The minimum absolute atomic E-state index is 0.452. The third kappa shape index (κ3) is 2.71. The fourth-order valence-corrected chi connectivity index (χ4v) is 1.59. The molecule has 1 N–H and O–H groups in total. The highest BCUT2D eigenvalue weighted by molar-refractivity contribution is 6.30. The van der Waals surface area contributed by atoms with Crippen molar-refractivity contribution in [3.63, 3.8) is 0 Å². The first kappa shape index (κ1) is 12.6. The summed E-state index contributed by atoms with van der Waals surface area (Å²) in [6, 6.07) is 5.77. The van der Waals surface area contributed by atoms with E-state index in [2.05, 4.69) is 15.3 Å². The first-order valence-electron chi connectivity index (χ1n) is 5.51. The SMILES string of the molecule is COc1ccc(C)c(Nc2ncc(C)c(Cl)n2)c1. The van der Waals surface area contributed by atoms with Gasteiger partial charge in [-0.3, -0.25) is 0 Å². The number of hydrogen-bond donors (Lipinski definition) is 1. The Morgan fingerprint density at radius 1 is 1.22 bits per heavy atom. The van der Waals surface area contributed by atoms with Gasteiger partial charge in [0.25, 0.3) is 0 Å². The van der Waals surface area contributed by atoms with Crippen LogP contribution < -0.4 is 10.1 Å². The van der Waals surface area contributed by atoms with E-state index in [1.807, 2.05) is 32.0 Å². The van der Waals surface area contributed by atoms with Crippen LogP contribution in [-0.2, 0) is 0 Å². The third-order valence-electron chi connectivity index (χ3n) is 2.60. The third-order valence-corrected chi connectivity index (χ3v) is 2.98. The van der Waals surface area contributed by atoms with Crippen molar-refractivity contribution in [2.75, 3.05) is 12.4 Å². The van der Waals surface area contributed by atoms with E-state index in [1.54, 1.807) is 13.3 Å². The van der Waals surface area contributed by atoms with Crippen LogP contribution in [0.3, 0.4) is 0 Å². The lowest BCUT2D eigenvalue weighted by Crippen LogP contribution is -2.00. The van der Waals surface area contributed by atoms with Crippen LogP contribution in [-0.4, -0.2) is 17.1 Å². The minimum atomic E-state index is 0.452. The maximum atomic E-state index is 5.96. The fraction of sp³-hybridized carbons (Fsp3) is 0.231. The van der Waals surface area contributed by atoms with Crippen molar-refractivity contribution in [2.45, 2.75) is 13.8 Å². The summed E-state index contributed by atoms with van der Waals surface area (Å²) in [5.41, 5.74) is 2.83. The smallest absolute Gasteiger partial charge is 0.228 e. The molecular weight excluding hydrogens is 250 g/mol. The van der Waals surface area contributed by atoms with Gasteiger partial charge >= 0.3 is 0 Å². The summed E-state index contributed by atoms with van der Waals surface area (Å²) >= 11 is 5.96. The van der Waals surface area contributed by atoms with Crippen molar-refractivity contribution < 1.29 is 4.74 Å².